The summed E-state index contributed by atoms with van der Waals surface area (Å²) in [4.78, 5) is 12.6. The van der Waals surface area contributed by atoms with E-state index in [-0.39, 0.29) is 5.91 Å². The fraction of sp³-hybridized carbons (Fsp3) is 0.227. The lowest BCUT2D eigenvalue weighted by Gasteiger charge is -2.14. The van der Waals surface area contributed by atoms with E-state index in [1.165, 1.54) is 11.4 Å². The van der Waals surface area contributed by atoms with Gasteiger partial charge in [-0.05, 0) is 74.7 Å². The first-order valence-corrected chi connectivity index (χ1v) is 8.66. The third kappa shape index (κ3) is 3.36. The number of hydrogen-bond acceptors (Lipinski definition) is 1. The summed E-state index contributed by atoms with van der Waals surface area (Å²) in [5.41, 5.74) is 7.27. The Balaban J connectivity index is 1.85. The number of hydrogen-bond donors (Lipinski definition) is 1. The second-order valence-corrected chi connectivity index (χ2v) is 6.42. The van der Waals surface area contributed by atoms with Crippen molar-refractivity contribution in [3.8, 4) is 5.69 Å². The van der Waals surface area contributed by atoms with Crippen molar-refractivity contribution in [1.82, 2.24) is 4.57 Å². The van der Waals surface area contributed by atoms with Crippen LogP contribution in [0.1, 0.15) is 39.8 Å². The highest BCUT2D eigenvalue weighted by molar-refractivity contribution is 6.05. The highest BCUT2D eigenvalue weighted by Gasteiger charge is 2.11. The molecule has 0 spiro atoms. The molecule has 0 fully saturated rings. The Labute approximate surface area is 149 Å². The van der Waals surface area contributed by atoms with Gasteiger partial charge in [0.05, 0.1) is 0 Å². The molecular formula is C22H24N2O. The van der Waals surface area contributed by atoms with Crippen molar-refractivity contribution < 1.29 is 4.79 Å². The van der Waals surface area contributed by atoms with E-state index in [0.717, 1.165) is 28.9 Å². The monoisotopic (exact) mass is 332 g/mol. The molecule has 0 bridgehead atoms. The average molecular weight is 332 g/mol. The number of aromatic nitrogens is 1. The lowest BCUT2D eigenvalue weighted by Crippen LogP contribution is -2.14. The third-order valence-electron chi connectivity index (χ3n) is 4.64. The lowest BCUT2D eigenvalue weighted by atomic mass is 10.1. The molecule has 25 heavy (non-hydrogen) atoms. The number of anilines is 1. The van der Waals surface area contributed by atoms with Gasteiger partial charge in [-0.25, -0.2) is 0 Å². The molecule has 128 valence electrons. The predicted octanol–water partition coefficient (Wildman–Crippen LogP) is 5.22. The Kier molecular flexibility index (Phi) is 4.75. The van der Waals surface area contributed by atoms with Gasteiger partial charge in [-0.1, -0.05) is 25.1 Å². The van der Waals surface area contributed by atoms with Crippen LogP contribution in [0.4, 0.5) is 5.69 Å². The van der Waals surface area contributed by atoms with Crippen LogP contribution in [0, 0.1) is 20.8 Å². The van der Waals surface area contributed by atoms with Crippen molar-refractivity contribution in [2.24, 2.45) is 0 Å². The molecule has 0 aliphatic carbocycles. The highest BCUT2D eigenvalue weighted by Crippen LogP contribution is 2.22. The van der Waals surface area contributed by atoms with Gasteiger partial charge < -0.3 is 9.88 Å². The SMILES string of the molecule is CCc1cccc(C)c1NC(=O)c1ccc(-n2c(C)ccc2C)cc1. The van der Waals surface area contributed by atoms with Crippen molar-refractivity contribution in [3.63, 3.8) is 0 Å². The molecule has 3 aromatic rings. The van der Waals surface area contributed by atoms with Crippen LogP contribution >= 0.6 is 0 Å². The van der Waals surface area contributed by atoms with Gasteiger partial charge in [0.1, 0.15) is 0 Å². The van der Waals surface area contributed by atoms with Crippen LogP contribution in [0.2, 0.25) is 0 Å². The second kappa shape index (κ2) is 6.98. The minimum absolute atomic E-state index is 0.0727. The van der Waals surface area contributed by atoms with Crippen LogP contribution in [0.15, 0.2) is 54.6 Å². The van der Waals surface area contributed by atoms with E-state index in [2.05, 4.69) is 48.9 Å². The molecular weight excluding hydrogens is 308 g/mol. The minimum atomic E-state index is -0.0727. The molecule has 3 rings (SSSR count). The number of amides is 1. The van der Waals surface area contributed by atoms with Crippen LogP contribution in [0.5, 0.6) is 0 Å². The standard InChI is InChI=1S/C22H24N2O/c1-5-18-8-6-7-15(2)21(18)23-22(25)19-11-13-20(14-12-19)24-16(3)9-10-17(24)4/h6-14H,5H2,1-4H3,(H,23,25). The predicted molar refractivity (Wildman–Crippen MR) is 104 cm³/mol. The van der Waals surface area contributed by atoms with E-state index in [4.69, 9.17) is 0 Å². The molecule has 2 aromatic carbocycles. The van der Waals surface area contributed by atoms with Crippen LogP contribution in [-0.4, -0.2) is 10.5 Å². The van der Waals surface area contributed by atoms with Gasteiger partial charge in [-0.3, -0.25) is 4.79 Å². The summed E-state index contributed by atoms with van der Waals surface area (Å²) in [6.07, 6.45) is 0.891. The Morgan fingerprint density at radius 2 is 1.56 bits per heavy atom. The fourth-order valence-electron chi connectivity index (χ4n) is 3.23. The topological polar surface area (TPSA) is 34.0 Å². The molecule has 0 saturated carbocycles. The quantitative estimate of drug-likeness (QED) is 0.698. The van der Waals surface area contributed by atoms with Gasteiger partial charge in [0, 0.05) is 28.3 Å². The van der Waals surface area contributed by atoms with Crippen molar-refractivity contribution in [1.29, 1.82) is 0 Å². The Morgan fingerprint density at radius 3 is 2.16 bits per heavy atom. The average Bonchev–Trinajstić information content (AvgIpc) is 2.95. The van der Waals surface area contributed by atoms with Crippen LogP contribution in [0.25, 0.3) is 5.69 Å². The van der Waals surface area contributed by atoms with Crippen LogP contribution in [0.3, 0.4) is 0 Å². The number of para-hydroxylation sites is 1. The van der Waals surface area contributed by atoms with Gasteiger partial charge >= 0.3 is 0 Å². The van der Waals surface area contributed by atoms with Crippen LogP contribution in [-0.2, 0) is 6.42 Å². The summed E-state index contributed by atoms with van der Waals surface area (Å²) in [6, 6.07) is 18.1. The molecule has 0 atom stereocenters. The number of aryl methyl sites for hydroxylation is 4. The van der Waals surface area contributed by atoms with E-state index in [0.29, 0.717) is 5.56 Å². The Morgan fingerprint density at radius 1 is 0.920 bits per heavy atom. The van der Waals surface area contributed by atoms with E-state index < -0.39 is 0 Å². The number of nitrogens with zero attached hydrogens (tertiary/aromatic N) is 1. The smallest absolute Gasteiger partial charge is 0.255 e. The Bertz CT molecular complexity index is 885. The molecule has 1 N–H and O–H groups in total. The lowest BCUT2D eigenvalue weighted by molar-refractivity contribution is 0.102. The van der Waals surface area contributed by atoms with Crippen molar-refractivity contribution in [2.75, 3.05) is 5.32 Å². The first-order chi connectivity index (χ1) is 12.0. The van der Waals surface area contributed by atoms with E-state index in [1.807, 2.05) is 43.3 Å². The largest absolute Gasteiger partial charge is 0.321 e. The molecule has 3 nitrogen and oxygen atoms in total. The van der Waals surface area contributed by atoms with Gasteiger partial charge in [-0.15, -0.1) is 0 Å². The minimum Gasteiger partial charge on any atom is -0.321 e. The summed E-state index contributed by atoms with van der Waals surface area (Å²) in [5.74, 6) is -0.0727. The molecule has 0 aliphatic heterocycles. The molecule has 1 amide bonds. The second-order valence-electron chi connectivity index (χ2n) is 6.42. The zero-order valence-electron chi connectivity index (χ0n) is 15.3. The normalized spacial score (nSPS) is 10.7. The molecule has 0 aliphatic rings. The summed E-state index contributed by atoms with van der Waals surface area (Å²) in [5, 5.41) is 3.08. The number of carbonyl (C=O) groups is 1. The molecule has 0 radical (unpaired) electrons. The number of benzene rings is 2. The van der Waals surface area contributed by atoms with Crippen molar-refractivity contribution >= 4 is 11.6 Å². The van der Waals surface area contributed by atoms with Gasteiger partial charge in [0.15, 0.2) is 0 Å². The molecule has 1 aromatic heterocycles. The maximum atomic E-state index is 12.6. The van der Waals surface area contributed by atoms with Gasteiger partial charge in [0.2, 0.25) is 0 Å². The molecule has 3 heteroatoms. The zero-order valence-corrected chi connectivity index (χ0v) is 15.3. The Hall–Kier alpha value is -2.81. The number of nitrogens with one attached hydrogen (secondary N) is 1. The zero-order chi connectivity index (χ0) is 18.0. The summed E-state index contributed by atoms with van der Waals surface area (Å²) < 4.78 is 2.18. The van der Waals surface area contributed by atoms with E-state index in [1.54, 1.807) is 0 Å². The summed E-state index contributed by atoms with van der Waals surface area (Å²) in [7, 11) is 0. The first kappa shape index (κ1) is 17.0. The molecule has 0 unspecified atom stereocenters. The molecule has 1 heterocycles. The van der Waals surface area contributed by atoms with Crippen LogP contribution < -0.4 is 5.32 Å². The summed E-state index contributed by atoms with van der Waals surface area (Å²) >= 11 is 0. The number of rotatable bonds is 4. The van der Waals surface area contributed by atoms with Crippen molar-refractivity contribution in [3.05, 3.63) is 82.7 Å². The maximum Gasteiger partial charge on any atom is 0.255 e. The van der Waals surface area contributed by atoms with E-state index in [9.17, 15) is 4.79 Å². The first-order valence-electron chi connectivity index (χ1n) is 8.66. The van der Waals surface area contributed by atoms with Gasteiger partial charge in [0.25, 0.3) is 5.91 Å². The fourth-order valence-corrected chi connectivity index (χ4v) is 3.23. The molecule has 0 saturated heterocycles. The van der Waals surface area contributed by atoms with E-state index >= 15 is 0 Å². The van der Waals surface area contributed by atoms with Crippen molar-refractivity contribution in [2.45, 2.75) is 34.1 Å². The third-order valence-corrected chi connectivity index (χ3v) is 4.64. The highest BCUT2D eigenvalue weighted by atomic mass is 16.1. The maximum absolute atomic E-state index is 12.6. The van der Waals surface area contributed by atoms with Gasteiger partial charge in [-0.2, -0.15) is 0 Å². The summed E-state index contributed by atoms with van der Waals surface area (Å²) in [6.45, 7) is 8.28. The number of carbonyl (C=O) groups excluding carboxylic acids is 1.